The third-order valence-corrected chi connectivity index (χ3v) is 4.18. The lowest BCUT2D eigenvalue weighted by Gasteiger charge is -2.06. The van der Waals surface area contributed by atoms with Crippen molar-refractivity contribution >= 4 is 29.4 Å². The maximum Gasteiger partial charge on any atom is 0.341 e. The van der Waals surface area contributed by atoms with Crippen molar-refractivity contribution in [1.82, 2.24) is 15.6 Å². The fourth-order valence-electron chi connectivity index (χ4n) is 2.15. The lowest BCUT2D eigenvalue weighted by molar-refractivity contribution is -0.139. The second-order valence-electron chi connectivity index (χ2n) is 5.06. The second-order valence-corrected chi connectivity index (χ2v) is 6.00. The number of rotatable bonds is 7. The molecule has 0 aliphatic rings. The number of carbonyl (C=O) groups excluding carboxylic acids is 1. The van der Waals surface area contributed by atoms with Gasteiger partial charge in [0, 0.05) is 5.56 Å². The lowest BCUT2D eigenvalue weighted by Crippen LogP contribution is -2.18. The standard InChI is InChI=1S/C17H14N4O4S/c22-15(23)10-25-13-5-2-1-4-11(13)8-18-21-17(24)12-9-19-20-16(12)14-6-3-7-26-14/h1-9H,10H2,(H,19,20)(H,21,24)(H,22,23)/b18-8+. The minimum atomic E-state index is -1.08. The first-order valence-corrected chi connectivity index (χ1v) is 8.37. The van der Waals surface area contributed by atoms with E-state index in [9.17, 15) is 9.59 Å². The number of nitrogens with one attached hydrogen (secondary N) is 2. The van der Waals surface area contributed by atoms with Crippen molar-refractivity contribution < 1.29 is 19.4 Å². The number of thiophene rings is 1. The molecule has 0 saturated heterocycles. The summed E-state index contributed by atoms with van der Waals surface area (Å²) in [5, 5.41) is 21.2. The number of carbonyl (C=O) groups is 2. The number of H-pyrrole nitrogens is 1. The molecule has 0 unspecified atom stereocenters. The summed E-state index contributed by atoms with van der Waals surface area (Å²) >= 11 is 1.49. The van der Waals surface area contributed by atoms with E-state index in [1.54, 1.807) is 24.3 Å². The maximum atomic E-state index is 12.3. The molecule has 0 aliphatic heterocycles. The molecule has 3 rings (SSSR count). The number of aromatic amines is 1. The Balaban J connectivity index is 1.69. The summed E-state index contributed by atoms with van der Waals surface area (Å²) in [5.74, 6) is -1.14. The highest BCUT2D eigenvalue weighted by Gasteiger charge is 2.15. The van der Waals surface area contributed by atoms with Crippen LogP contribution in [0.3, 0.4) is 0 Å². The van der Waals surface area contributed by atoms with E-state index in [1.165, 1.54) is 23.7 Å². The van der Waals surface area contributed by atoms with Gasteiger partial charge in [-0.2, -0.15) is 10.2 Å². The Labute approximate surface area is 152 Å². The van der Waals surface area contributed by atoms with Gasteiger partial charge in [0.25, 0.3) is 5.91 Å². The molecule has 2 heterocycles. The second kappa shape index (κ2) is 8.08. The van der Waals surface area contributed by atoms with Gasteiger partial charge in [0.1, 0.15) is 5.75 Å². The molecule has 0 bridgehead atoms. The van der Waals surface area contributed by atoms with Gasteiger partial charge in [-0.05, 0) is 23.6 Å². The zero-order valence-electron chi connectivity index (χ0n) is 13.4. The average Bonchev–Trinajstić information content (AvgIpc) is 3.31. The van der Waals surface area contributed by atoms with Crippen molar-refractivity contribution in [3.8, 4) is 16.3 Å². The molecule has 1 amide bonds. The highest BCUT2D eigenvalue weighted by molar-refractivity contribution is 7.13. The summed E-state index contributed by atoms with van der Waals surface area (Å²) in [5.41, 5.74) is 3.97. The van der Waals surface area contributed by atoms with Crippen molar-refractivity contribution in [2.75, 3.05) is 6.61 Å². The Kier molecular flexibility index (Phi) is 5.40. The van der Waals surface area contributed by atoms with Gasteiger partial charge < -0.3 is 9.84 Å². The van der Waals surface area contributed by atoms with Gasteiger partial charge in [0.2, 0.25) is 0 Å². The number of para-hydroxylation sites is 1. The smallest absolute Gasteiger partial charge is 0.341 e. The molecule has 8 nitrogen and oxygen atoms in total. The summed E-state index contributed by atoms with van der Waals surface area (Å²) in [6.45, 7) is -0.462. The molecule has 132 valence electrons. The van der Waals surface area contributed by atoms with E-state index in [4.69, 9.17) is 9.84 Å². The van der Waals surface area contributed by atoms with E-state index in [2.05, 4.69) is 20.7 Å². The summed E-state index contributed by atoms with van der Waals surface area (Å²) in [4.78, 5) is 23.8. The first-order valence-electron chi connectivity index (χ1n) is 7.49. The zero-order chi connectivity index (χ0) is 18.4. The monoisotopic (exact) mass is 370 g/mol. The minimum absolute atomic E-state index is 0.357. The third kappa shape index (κ3) is 4.14. The maximum absolute atomic E-state index is 12.3. The molecule has 0 spiro atoms. The van der Waals surface area contributed by atoms with Crippen LogP contribution in [0.4, 0.5) is 0 Å². The third-order valence-electron chi connectivity index (χ3n) is 3.29. The summed E-state index contributed by atoms with van der Waals surface area (Å²) in [6, 6.07) is 10.6. The molecule has 2 aromatic heterocycles. The van der Waals surface area contributed by atoms with Crippen LogP contribution in [-0.4, -0.2) is 40.0 Å². The Hall–Kier alpha value is -3.46. The molecule has 0 fully saturated rings. The normalized spacial score (nSPS) is 10.8. The number of hydrazone groups is 1. The van der Waals surface area contributed by atoms with E-state index in [1.807, 2.05) is 17.5 Å². The van der Waals surface area contributed by atoms with Gasteiger partial charge in [0.05, 0.1) is 28.5 Å². The number of aromatic nitrogens is 2. The van der Waals surface area contributed by atoms with E-state index in [-0.39, 0.29) is 0 Å². The van der Waals surface area contributed by atoms with Crippen LogP contribution in [0, 0.1) is 0 Å². The van der Waals surface area contributed by atoms with Crippen LogP contribution in [0.25, 0.3) is 10.6 Å². The zero-order valence-corrected chi connectivity index (χ0v) is 14.2. The van der Waals surface area contributed by atoms with Gasteiger partial charge >= 0.3 is 5.97 Å². The Morgan fingerprint density at radius 3 is 2.92 bits per heavy atom. The molecular weight excluding hydrogens is 356 g/mol. The highest BCUT2D eigenvalue weighted by Crippen LogP contribution is 2.25. The fraction of sp³-hybridized carbons (Fsp3) is 0.0588. The van der Waals surface area contributed by atoms with E-state index in [0.29, 0.717) is 22.6 Å². The van der Waals surface area contributed by atoms with Gasteiger partial charge in [-0.1, -0.05) is 18.2 Å². The van der Waals surface area contributed by atoms with Crippen molar-refractivity contribution in [2.45, 2.75) is 0 Å². The van der Waals surface area contributed by atoms with Crippen molar-refractivity contribution in [3.63, 3.8) is 0 Å². The molecule has 3 aromatic rings. The highest BCUT2D eigenvalue weighted by atomic mass is 32.1. The number of nitrogens with zero attached hydrogens (tertiary/aromatic N) is 2. The van der Waals surface area contributed by atoms with Crippen LogP contribution in [0.15, 0.2) is 53.1 Å². The van der Waals surface area contributed by atoms with Crippen LogP contribution < -0.4 is 10.2 Å². The summed E-state index contributed by atoms with van der Waals surface area (Å²) in [6.07, 6.45) is 2.82. The molecule has 0 aliphatic carbocycles. The summed E-state index contributed by atoms with van der Waals surface area (Å²) < 4.78 is 5.18. The first-order chi connectivity index (χ1) is 12.6. The van der Waals surface area contributed by atoms with Gasteiger partial charge in [-0.15, -0.1) is 11.3 Å². The van der Waals surface area contributed by atoms with Crippen molar-refractivity contribution in [2.24, 2.45) is 5.10 Å². The number of amides is 1. The molecule has 1 aromatic carbocycles. The van der Waals surface area contributed by atoms with Crippen molar-refractivity contribution in [1.29, 1.82) is 0 Å². The predicted octanol–water partition coefficient (Wildman–Crippen LogP) is 2.37. The Bertz CT molecular complexity index is 934. The topological polar surface area (TPSA) is 117 Å². The number of aliphatic carboxylic acids is 1. The largest absolute Gasteiger partial charge is 0.481 e. The van der Waals surface area contributed by atoms with E-state index in [0.717, 1.165) is 4.88 Å². The molecule has 9 heteroatoms. The number of ether oxygens (including phenoxy) is 1. The number of carboxylic acid groups (broad SMARTS) is 1. The van der Waals surface area contributed by atoms with E-state index < -0.39 is 18.5 Å². The van der Waals surface area contributed by atoms with E-state index >= 15 is 0 Å². The lowest BCUT2D eigenvalue weighted by atomic mass is 10.2. The molecule has 0 atom stereocenters. The minimum Gasteiger partial charge on any atom is -0.481 e. The quantitative estimate of drug-likeness (QED) is 0.436. The average molecular weight is 370 g/mol. The Morgan fingerprint density at radius 2 is 2.15 bits per heavy atom. The molecular formula is C17H14N4O4S. The molecule has 0 saturated carbocycles. The number of benzene rings is 1. The first kappa shape index (κ1) is 17.4. The molecule has 3 N–H and O–H groups in total. The SMILES string of the molecule is O=C(O)COc1ccccc1/C=N/NC(=O)c1cn[nH]c1-c1cccs1. The van der Waals surface area contributed by atoms with Crippen LogP contribution in [0.1, 0.15) is 15.9 Å². The van der Waals surface area contributed by atoms with Crippen LogP contribution >= 0.6 is 11.3 Å². The number of hydrogen-bond donors (Lipinski definition) is 3. The van der Waals surface area contributed by atoms with Gasteiger partial charge in [-0.25, -0.2) is 10.2 Å². The van der Waals surface area contributed by atoms with Gasteiger partial charge in [0.15, 0.2) is 6.61 Å². The van der Waals surface area contributed by atoms with Crippen LogP contribution in [0.2, 0.25) is 0 Å². The van der Waals surface area contributed by atoms with Crippen LogP contribution in [0.5, 0.6) is 5.75 Å². The Morgan fingerprint density at radius 1 is 1.31 bits per heavy atom. The number of carboxylic acids is 1. The molecule has 26 heavy (non-hydrogen) atoms. The summed E-state index contributed by atoms with van der Waals surface area (Å²) in [7, 11) is 0. The number of hydrogen-bond acceptors (Lipinski definition) is 6. The van der Waals surface area contributed by atoms with Crippen molar-refractivity contribution in [3.05, 3.63) is 59.1 Å². The van der Waals surface area contributed by atoms with Gasteiger partial charge in [-0.3, -0.25) is 9.89 Å². The predicted molar refractivity (Wildman–Crippen MR) is 96.5 cm³/mol. The van der Waals surface area contributed by atoms with Crippen LogP contribution in [-0.2, 0) is 4.79 Å². The fourth-order valence-corrected chi connectivity index (χ4v) is 2.88. The molecule has 0 radical (unpaired) electrons.